The fourth-order valence-electron chi connectivity index (χ4n) is 4.95. The number of hydrogen-bond donors (Lipinski definition) is 0. The largest absolute Gasteiger partial charge is 1.00 e. The Bertz CT molecular complexity index is 1620. The maximum absolute atomic E-state index is 14.0. The molecule has 5 aromatic rings. The molecule has 0 saturated carbocycles. The maximum Gasteiger partial charge on any atom is 1.00 e. The van der Waals surface area contributed by atoms with Crippen LogP contribution in [0.3, 0.4) is 0 Å². The number of carbonyl (C=O) groups is 1. The molecule has 0 saturated heterocycles. The molecule has 0 amide bonds. The van der Waals surface area contributed by atoms with Crippen molar-refractivity contribution in [2.24, 2.45) is 0 Å². The topological polar surface area (TPSA) is 44.8 Å². The summed E-state index contributed by atoms with van der Waals surface area (Å²) >= 11 is 0. The summed E-state index contributed by atoms with van der Waals surface area (Å²) in [5, 5.41) is 0.681. The van der Waals surface area contributed by atoms with Gasteiger partial charge >= 0.3 is 18.9 Å². The van der Waals surface area contributed by atoms with Crippen molar-refractivity contribution in [3.63, 3.8) is 0 Å². The van der Waals surface area contributed by atoms with E-state index in [1.54, 1.807) is 0 Å². The van der Waals surface area contributed by atoms with E-state index in [2.05, 4.69) is 19.9 Å². The van der Waals surface area contributed by atoms with Crippen LogP contribution in [0, 0.1) is 27.7 Å². The van der Waals surface area contributed by atoms with Crippen LogP contribution in [-0.4, -0.2) is 5.52 Å². The molecular weight excluding hydrogens is 558 g/mol. The normalized spacial score (nSPS) is 10.8. The molecule has 0 aliphatic carbocycles. The molecule has 0 heterocycles. The predicted molar refractivity (Wildman–Crippen MR) is 175 cm³/mol. The fourth-order valence-corrected chi connectivity index (χ4v) is 6.09. The molecule has 5 rings (SSSR count). The SMILES string of the molecule is Cc1cc(C)c(C(=O)[P-]c2c(OCc3ccccc3)cc(OCc3ccccc3)cc2OCc2ccccc2)c(C)c1C.[Li+]. The fraction of sp³-hybridized carbons (Fsp3) is 0.184. The Morgan fingerprint density at radius 2 is 1.00 bits per heavy atom. The Kier molecular flexibility index (Phi) is 11.9. The van der Waals surface area contributed by atoms with Gasteiger partial charge in [-0.3, -0.25) is 0 Å². The third-order valence-corrected chi connectivity index (χ3v) is 8.61. The van der Waals surface area contributed by atoms with Crippen molar-refractivity contribution in [3.05, 3.63) is 154 Å². The van der Waals surface area contributed by atoms with Gasteiger partial charge in [0.1, 0.15) is 25.6 Å². The van der Waals surface area contributed by atoms with Gasteiger partial charge in [-0.15, -0.1) is 5.30 Å². The smallest absolute Gasteiger partial charge is 0.491 e. The average molecular weight is 595 g/mol. The molecule has 0 bridgehead atoms. The van der Waals surface area contributed by atoms with Gasteiger partial charge in [0.25, 0.3) is 0 Å². The van der Waals surface area contributed by atoms with Crippen LogP contribution in [0.15, 0.2) is 109 Å². The number of hydrogen-bond acceptors (Lipinski definition) is 4. The van der Waals surface area contributed by atoms with E-state index < -0.39 is 0 Å². The second-order valence-corrected chi connectivity index (χ2v) is 11.7. The molecule has 0 aliphatic rings. The Labute approximate surface area is 274 Å². The molecule has 5 aromatic carbocycles. The van der Waals surface area contributed by atoms with E-state index in [4.69, 9.17) is 14.2 Å². The second kappa shape index (κ2) is 15.8. The van der Waals surface area contributed by atoms with Crippen LogP contribution in [0.4, 0.5) is 0 Å². The molecule has 44 heavy (non-hydrogen) atoms. The van der Waals surface area contributed by atoms with Gasteiger partial charge < -0.3 is 27.6 Å². The van der Waals surface area contributed by atoms with E-state index >= 15 is 0 Å². The molecule has 218 valence electrons. The number of carbonyl (C=O) groups excluding carboxylic acids is 1. The van der Waals surface area contributed by atoms with Crippen LogP contribution in [-0.2, 0) is 19.8 Å². The third kappa shape index (κ3) is 8.43. The minimum absolute atomic E-state index is 0. The average Bonchev–Trinajstić information content (AvgIpc) is 3.03. The van der Waals surface area contributed by atoms with E-state index in [1.807, 2.05) is 117 Å². The summed E-state index contributed by atoms with van der Waals surface area (Å²) in [6.45, 7) is 9.27. The van der Waals surface area contributed by atoms with E-state index in [9.17, 15) is 4.79 Å². The summed E-state index contributed by atoms with van der Waals surface area (Å²) in [5.74, 6) is 1.73. The first-order valence-electron chi connectivity index (χ1n) is 14.4. The zero-order valence-electron chi connectivity index (χ0n) is 26.1. The molecule has 0 fully saturated rings. The molecule has 0 N–H and O–H groups in total. The summed E-state index contributed by atoms with van der Waals surface area (Å²) in [4.78, 5) is 14.0. The van der Waals surface area contributed by atoms with E-state index in [1.165, 1.54) is 5.56 Å². The third-order valence-electron chi connectivity index (χ3n) is 7.52. The number of ether oxygens (including phenoxy) is 3. The first-order chi connectivity index (χ1) is 20.9. The molecule has 0 spiro atoms. The minimum atomic E-state index is 0. The Morgan fingerprint density at radius 3 is 1.45 bits per heavy atom. The number of rotatable bonds is 12. The number of aryl methyl sites for hydroxylation is 2. The van der Waals surface area contributed by atoms with Crippen LogP contribution in [0.25, 0.3) is 0 Å². The first-order valence-corrected chi connectivity index (χ1v) is 15.3. The van der Waals surface area contributed by atoms with Crippen LogP contribution < -0.4 is 38.4 Å². The van der Waals surface area contributed by atoms with Crippen molar-refractivity contribution in [2.75, 3.05) is 0 Å². The van der Waals surface area contributed by atoms with Crippen molar-refractivity contribution in [1.82, 2.24) is 0 Å². The molecule has 0 unspecified atom stereocenters. The summed E-state index contributed by atoms with van der Waals surface area (Å²) in [7, 11) is 0.471. The second-order valence-electron chi connectivity index (χ2n) is 10.6. The standard InChI is InChI=1S/C38H36O4P.Li/c1-26-20-27(2)36(29(4)28(26)3)38(39)43-37-34(41-24-31-16-10-6-11-17-31)21-33(40-23-30-14-8-5-9-15-30)22-35(37)42-25-32-18-12-7-13-19-32;/h5-22H,23-25H2,1-4H3;/q-1;+1. The number of benzene rings is 5. The minimum Gasteiger partial charge on any atom is -0.491 e. The molecule has 6 heteroatoms. The summed E-state index contributed by atoms with van der Waals surface area (Å²) in [5.41, 5.74) is 8.16. The Balaban J connectivity index is 0.00000442. The Hall–Kier alpha value is -3.80. The van der Waals surface area contributed by atoms with Crippen LogP contribution in [0.5, 0.6) is 17.2 Å². The van der Waals surface area contributed by atoms with Gasteiger partial charge in [0, 0.05) is 17.7 Å². The summed E-state index contributed by atoms with van der Waals surface area (Å²) in [6, 6.07) is 35.8. The monoisotopic (exact) mass is 594 g/mol. The van der Waals surface area contributed by atoms with Crippen LogP contribution in [0.1, 0.15) is 49.3 Å². The van der Waals surface area contributed by atoms with Crippen LogP contribution in [0.2, 0.25) is 0 Å². The van der Waals surface area contributed by atoms with Crippen molar-refractivity contribution in [1.29, 1.82) is 0 Å². The van der Waals surface area contributed by atoms with Crippen LogP contribution >= 0.6 is 8.58 Å². The van der Waals surface area contributed by atoms with Gasteiger partial charge in [-0.1, -0.05) is 97.1 Å². The molecule has 4 nitrogen and oxygen atoms in total. The Morgan fingerprint density at radius 1 is 0.568 bits per heavy atom. The van der Waals surface area contributed by atoms with Crippen molar-refractivity contribution in [3.8, 4) is 17.2 Å². The quantitative estimate of drug-likeness (QED) is 0.130. The van der Waals surface area contributed by atoms with Gasteiger partial charge in [0.15, 0.2) is 0 Å². The van der Waals surface area contributed by atoms with Crippen molar-refractivity contribution < 1.29 is 37.9 Å². The zero-order valence-corrected chi connectivity index (χ0v) is 27.0. The summed E-state index contributed by atoms with van der Waals surface area (Å²) in [6.07, 6.45) is 0. The zero-order chi connectivity index (χ0) is 30.2. The van der Waals surface area contributed by atoms with Gasteiger partial charge in [0.2, 0.25) is 0 Å². The van der Waals surface area contributed by atoms with Gasteiger partial charge in [0.05, 0.1) is 11.5 Å². The molecule has 0 radical (unpaired) electrons. The van der Waals surface area contributed by atoms with E-state index in [-0.39, 0.29) is 24.4 Å². The van der Waals surface area contributed by atoms with E-state index in [0.717, 1.165) is 38.9 Å². The first kappa shape index (κ1) is 33.1. The predicted octanol–water partition coefficient (Wildman–Crippen LogP) is 6.07. The summed E-state index contributed by atoms with van der Waals surface area (Å²) < 4.78 is 19.1. The molecular formula is C38H36LiO4P. The van der Waals surface area contributed by atoms with Gasteiger partial charge in [-0.2, -0.15) is 0 Å². The molecule has 0 aromatic heterocycles. The van der Waals surface area contributed by atoms with Crippen molar-refractivity contribution in [2.45, 2.75) is 47.5 Å². The van der Waals surface area contributed by atoms with E-state index in [0.29, 0.717) is 51.0 Å². The van der Waals surface area contributed by atoms with Gasteiger partial charge in [-0.05, 0) is 72.2 Å². The van der Waals surface area contributed by atoms with Gasteiger partial charge in [-0.25, -0.2) is 0 Å². The molecule has 0 atom stereocenters. The van der Waals surface area contributed by atoms with Crippen molar-refractivity contribution >= 4 is 19.4 Å². The molecule has 0 aliphatic heterocycles. The maximum atomic E-state index is 14.0.